The summed E-state index contributed by atoms with van der Waals surface area (Å²) in [5, 5.41) is 13.0. The Hall–Kier alpha value is -3.35. The molecule has 0 aliphatic heterocycles. The molecule has 2 heterocycles. The van der Waals surface area contributed by atoms with Crippen molar-refractivity contribution in [3.05, 3.63) is 48.8 Å². The molecule has 0 fully saturated rings. The van der Waals surface area contributed by atoms with Crippen LogP contribution in [0.4, 0.5) is 21.9 Å². The van der Waals surface area contributed by atoms with Crippen LogP contribution in [-0.2, 0) is 4.79 Å². The van der Waals surface area contributed by atoms with Gasteiger partial charge in [0.15, 0.2) is 0 Å². The maximum absolute atomic E-state index is 11.7. The van der Waals surface area contributed by atoms with Crippen molar-refractivity contribution in [3.63, 3.8) is 0 Å². The number of aromatic nitrogens is 2. The highest BCUT2D eigenvalue weighted by Crippen LogP contribution is 2.29. The lowest BCUT2D eigenvalue weighted by atomic mass is 10.2. The summed E-state index contributed by atoms with van der Waals surface area (Å²) in [6.45, 7) is 1.39. The van der Waals surface area contributed by atoms with Crippen molar-refractivity contribution in [2.75, 3.05) is 10.2 Å². The average molecular weight is 310 g/mol. The quantitative estimate of drug-likeness (QED) is 0.691. The van der Waals surface area contributed by atoms with Crippen LogP contribution < -0.4 is 10.2 Å². The van der Waals surface area contributed by atoms with Crippen LogP contribution in [0.15, 0.2) is 48.8 Å². The summed E-state index contributed by atoms with van der Waals surface area (Å²) in [4.78, 5) is 31.2. The fraction of sp³-hybridized carbons (Fsp3) is 0.0625. The minimum absolute atomic E-state index is 0.223. The third-order valence-corrected chi connectivity index (χ3v) is 3.26. The van der Waals surface area contributed by atoms with Gasteiger partial charge >= 0.3 is 6.09 Å². The zero-order valence-electron chi connectivity index (χ0n) is 12.3. The molecule has 0 aliphatic carbocycles. The summed E-state index contributed by atoms with van der Waals surface area (Å²) in [6, 6.07) is 10.2. The number of fused-ring (bicyclic) bond motifs is 1. The van der Waals surface area contributed by atoms with Gasteiger partial charge in [-0.25, -0.2) is 14.7 Å². The van der Waals surface area contributed by atoms with Crippen molar-refractivity contribution in [2.24, 2.45) is 0 Å². The van der Waals surface area contributed by atoms with Gasteiger partial charge in [0.25, 0.3) is 0 Å². The molecule has 116 valence electrons. The smallest absolute Gasteiger partial charge is 0.416 e. The summed E-state index contributed by atoms with van der Waals surface area (Å²) in [5.74, 6) is -0.223. The molecule has 0 saturated heterocycles. The first-order chi connectivity index (χ1) is 11.0. The number of pyridine rings is 1. The Morgan fingerprint density at radius 1 is 1.22 bits per heavy atom. The maximum atomic E-state index is 11.7. The number of carbonyl (C=O) groups is 2. The van der Waals surface area contributed by atoms with Gasteiger partial charge in [0.2, 0.25) is 5.91 Å². The number of hydrogen-bond acceptors (Lipinski definition) is 3. The Morgan fingerprint density at radius 3 is 2.78 bits per heavy atom. The molecule has 7 heteroatoms. The summed E-state index contributed by atoms with van der Waals surface area (Å²) < 4.78 is 0. The lowest BCUT2D eigenvalue weighted by molar-refractivity contribution is -0.114. The minimum atomic E-state index is -1.14. The van der Waals surface area contributed by atoms with E-state index in [0.29, 0.717) is 22.7 Å². The van der Waals surface area contributed by atoms with E-state index < -0.39 is 6.09 Å². The topological polar surface area (TPSA) is 98.3 Å². The number of carbonyl (C=O) groups excluding carboxylic acids is 1. The first-order valence-electron chi connectivity index (χ1n) is 6.88. The molecule has 3 N–H and O–H groups in total. The maximum Gasteiger partial charge on any atom is 0.416 e. The number of nitrogens with one attached hydrogen (secondary N) is 2. The van der Waals surface area contributed by atoms with Gasteiger partial charge in [0.1, 0.15) is 5.65 Å². The molecule has 3 rings (SSSR count). The van der Waals surface area contributed by atoms with E-state index >= 15 is 0 Å². The van der Waals surface area contributed by atoms with Crippen molar-refractivity contribution in [2.45, 2.75) is 6.92 Å². The molecule has 1 aromatic carbocycles. The standard InChI is InChI=1S/C16H14N4O3/c1-10(21)19-12-3-2-4-13(8-12)20(16(22)23)14-7-11-5-6-17-15(11)18-9-14/h2-9H,1H3,(H,17,18)(H,19,21)(H,22,23). The van der Waals surface area contributed by atoms with E-state index in [0.717, 1.165) is 10.3 Å². The Morgan fingerprint density at radius 2 is 2.04 bits per heavy atom. The van der Waals surface area contributed by atoms with Crippen LogP contribution >= 0.6 is 0 Å². The van der Waals surface area contributed by atoms with Crippen LogP contribution in [0, 0.1) is 0 Å². The number of H-pyrrole nitrogens is 1. The van der Waals surface area contributed by atoms with Crippen molar-refractivity contribution < 1.29 is 14.7 Å². The molecule has 2 aromatic heterocycles. The Balaban J connectivity index is 2.04. The summed E-state index contributed by atoms with van der Waals surface area (Å²) in [7, 11) is 0. The molecule has 0 radical (unpaired) electrons. The van der Waals surface area contributed by atoms with Crippen molar-refractivity contribution in [3.8, 4) is 0 Å². The van der Waals surface area contributed by atoms with E-state index in [-0.39, 0.29) is 5.91 Å². The summed E-state index contributed by atoms with van der Waals surface area (Å²) in [5.41, 5.74) is 2.05. The predicted octanol–water partition coefficient (Wildman–Crippen LogP) is 3.34. The second-order valence-electron chi connectivity index (χ2n) is 4.96. The van der Waals surface area contributed by atoms with E-state index in [9.17, 15) is 14.7 Å². The predicted molar refractivity (Wildman–Crippen MR) is 87.0 cm³/mol. The number of amides is 2. The number of hydrogen-bond donors (Lipinski definition) is 3. The van der Waals surface area contributed by atoms with Crippen molar-refractivity contribution in [1.29, 1.82) is 0 Å². The van der Waals surface area contributed by atoms with Gasteiger partial charge in [-0.15, -0.1) is 0 Å². The molecule has 23 heavy (non-hydrogen) atoms. The first-order valence-corrected chi connectivity index (χ1v) is 6.88. The third-order valence-electron chi connectivity index (χ3n) is 3.26. The van der Waals surface area contributed by atoms with Crippen LogP contribution in [-0.4, -0.2) is 27.1 Å². The first kappa shape index (κ1) is 14.6. The number of anilines is 3. The van der Waals surface area contributed by atoms with E-state index in [1.54, 1.807) is 36.5 Å². The van der Waals surface area contributed by atoms with Gasteiger partial charge in [-0.3, -0.25) is 4.79 Å². The second kappa shape index (κ2) is 5.80. The Bertz CT molecular complexity index is 888. The van der Waals surface area contributed by atoms with Gasteiger partial charge in [0.05, 0.1) is 17.6 Å². The monoisotopic (exact) mass is 310 g/mol. The van der Waals surface area contributed by atoms with Gasteiger partial charge in [0, 0.05) is 24.2 Å². The van der Waals surface area contributed by atoms with Crippen LogP contribution in [0.3, 0.4) is 0 Å². The lowest BCUT2D eigenvalue weighted by Crippen LogP contribution is -2.24. The molecule has 7 nitrogen and oxygen atoms in total. The highest BCUT2D eigenvalue weighted by atomic mass is 16.4. The molecule has 0 aliphatic rings. The molecule has 2 amide bonds. The number of aromatic amines is 1. The Labute approximate surface area is 131 Å². The normalized spacial score (nSPS) is 10.5. The molecule has 0 spiro atoms. The number of nitrogens with zero attached hydrogens (tertiary/aromatic N) is 2. The van der Waals surface area contributed by atoms with E-state index in [1.165, 1.54) is 13.1 Å². The molecule has 0 bridgehead atoms. The molecular formula is C16H14N4O3. The largest absolute Gasteiger partial charge is 0.464 e. The Kier molecular flexibility index (Phi) is 3.68. The molecular weight excluding hydrogens is 296 g/mol. The fourth-order valence-electron chi connectivity index (χ4n) is 2.35. The van der Waals surface area contributed by atoms with Gasteiger partial charge in [-0.05, 0) is 30.3 Å². The van der Waals surface area contributed by atoms with Crippen molar-refractivity contribution >= 4 is 40.1 Å². The molecule has 0 unspecified atom stereocenters. The minimum Gasteiger partial charge on any atom is -0.464 e. The van der Waals surface area contributed by atoms with Gasteiger partial charge in [-0.1, -0.05) is 6.07 Å². The van der Waals surface area contributed by atoms with Gasteiger partial charge in [-0.2, -0.15) is 0 Å². The zero-order valence-corrected chi connectivity index (χ0v) is 12.3. The summed E-state index contributed by atoms with van der Waals surface area (Å²) >= 11 is 0. The van der Waals surface area contributed by atoms with E-state index in [1.807, 2.05) is 6.07 Å². The third kappa shape index (κ3) is 2.98. The zero-order chi connectivity index (χ0) is 16.4. The van der Waals surface area contributed by atoms with Crippen LogP contribution in [0.5, 0.6) is 0 Å². The highest BCUT2D eigenvalue weighted by molar-refractivity contribution is 5.98. The number of carboxylic acid groups (broad SMARTS) is 1. The highest BCUT2D eigenvalue weighted by Gasteiger charge is 2.18. The van der Waals surface area contributed by atoms with Crippen molar-refractivity contribution in [1.82, 2.24) is 9.97 Å². The molecule has 3 aromatic rings. The van der Waals surface area contributed by atoms with Crippen LogP contribution in [0.25, 0.3) is 11.0 Å². The van der Waals surface area contributed by atoms with Crippen LogP contribution in [0.2, 0.25) is 0 Å². The SMILES string of the molecule is CC(=O)Nc1cccc(N(C(=O)O)c2cnc3[nH]ccc3c2)c1. The fourth-order valence-corrected chi connectivity index (χ4v) is 2.35. The second-order valence-corrected chi connectivity index (χ2v) is 4.96. The number of benzene rings is 1. The van der Waals surface area contributed by atoms with E-state index in [4.69, 9.17) is 0 Å². The molecule has 0 saturated carbocycles. The van der Waals surface area contributed by atoms with E-state index in [2.05, 4.69) is 15.3 Å². The van der Waals surface area contributed by atoms with Crippen LogP contribution in [0.1, 0.15) is 6.92 Å². The number of rotatable bonds is 3. The lowest BCUT2D eigenvalue weighted by Gasteiger charge is -2.20. The van der Waals surface area contributed by atoms with Gasteiger partial charge < -0.3 is 15.4 Å². The summed E-state index contributed by atoms with van der Waals surface area (Å²) in [6.07, 6.45) is 2.09. The average Bonchev–Trinajstić information content (AvgIpc) is 2.94. The molecule has 0 atom stereocenters.